The van der Waals surface area contributed by atoms with E-state index in [0.29, 0.717) is 37.5 Å². The van der Waals surface area contributed by atoms with E-state index in [1.54, 1.807) is 0 Å². The van der Waals surface area contributed by atoms with Gasteiger partial charge in [0.1, 0.15) is 11.3 Å². The van der Waals surface area contributed by atoms with Crippen LogP contribution in [0.25, 0.3) is 0 Å². The number of rotatable bonds is 7. The number of primary amides is 1. The Hall–Kier alpha value is -2.34. The fourth-order valence-electron chi connectivity index (χ4n) is 7.10. The second-order valence-electron chi connectivity index (χ2n) is 10.9. The van der Waals surface area contributed by atoms with E-state index in [-0.39, 0.29) is 10.8 Å². The number of halogens is 3. The van der Waals surface area contributed by atoms with Crippen molar-refractivity contribution in [1.29, 1.82) is 0 Å². The topological polar surface area (TPSA) is 128 Å². The second kappa shape index (κ2) is 7.83. The van der Waals surface area contributed by atoms with Crippen molar-refractivity contribution in [1.82, 2.24) is 10.0 Å². The third-order valence-corrected chi connectivity index (χ3v) is 9.85. The van der Waals surface area contributed by atoms with Gasteiger partial charge in [0.25, 0.3) is 0 Å². The van der Waals surface area contributed by atoms with Gasteiger partial charge in [-0.05, 0) is 93.9 Å². The molecule has 2 atom stereocenters. The number of nitrogens with one attached hydrogen (secondary N) is 2. The number of carbonyl (C=O) groups excluding carboxylic acids is 2. The molecule has 12 heteroatoms. The van der Waals surface area contributed by atoms with E-state index in [4.69, 9.17) is 5.73 Å². The zero-order valence-corrected chi connectivity index (χ0v) is 19.8. The van der Waals surface area contributed by atoms with E-state index in [9.17, 15) is 31.2 Å². The fraction of sp³-hybridized carbons (Fsp3) is 0.652. The summed E-state index contributed by atoms with van der Waals surface area (Å²) in [5.74, 6) is -0.697. The lowest BCUT2D eigenvalue weighted by atomic mass is 9.46. The van der Waals surface area contributed by atoms with Crippen LogP contribution in [0.4, 0.5) is 13.2 Å². The molecule has 8 nitrogen and oxygen atoms in total. The highest BCUT2D eigenvalue weighted by atomic mass is 32.2. The lowest BCUT2D eigenvalue weighted by Crippen LogP contribution is -2.70. The summed E-state index contributed by atoms with van der Waals surface area (Å²) in [4.78, 5) is 25.6. The Morgan fingerprint density at radius 3 is 2.11 bits per heavy atom. The third-order valence-electron chi connectivity index (χ3n) is 8.30. The molecule has 5 aliphatic rings. The Morgan fingerprint density at radius 2 is 1.63 bits per heavy atom. The largest absolute Gasteiger partial charge is 0.573 e. The molecule has 0 spiro atoms. The van der Waals surface area contributed by atoms with Crippen molar-refractivity contribution in [3.05, 3.63) is 24.3 Å². The average molecular weight is 516 g/mol. The molecule has 5 saturated carbocycles. The number of hydrogen-bond donors (Lipinski definition) is 3. The van der Waals surface area contributed by atoms with Crippen molar-refractivity contribution in [2.75, 3.05) is 0 Å². The van der Waals surface area contributed by atoms with Gasteiger partial charge in [-0.25, -0.2) is 8.42 Å². The monoisotopic (exact) mass is 515 g/mol. The van der Waals surface area contributed by atoms with Gasteiger partial charge in [-0.1, -0.05) is 0 Å². The number of hydrogen-bond acceptors (Lipinski definition) is 5. The fourth-order valence-corrected chi connectivity index (χ4v) is 8.52. The standard InChI is InChI=1S/C23H28F3N3O5S/c24-23(25,26)34-16-2-4-17(5-3-16)35(32,33)29-22(6-1-7-22)19(31)28-21-11-14-8-15(12-21)10-20(9-14,13-21)18(27)30/h2-5,14-15,29H,1,6-13H2,(H2,27,30)(H,28,31). The van der Waals surface area contributed by atoms with Gasteiger partial charge in [-0.3, -0.25) is 9.59 Å². The number of alkyl halides is 3. The minimum absolute atomic E-state index is 0.270. The highest BCUT2D eigenvalue weighted by Crippen LogP contribution is 2.61. The maximum Gasteiger partial charge on any atom is 0.573 e. The van der Waals surface area contributed by atoms with Gasteiger partial charge in [-0.15, -0.1) is 13.2 Å². The van der Waals surface area contributed by atoms with Gasteiger partial charge in [0.2, 0.25) is 21.8 Å². The van der Waals surface area contributed by atoms with Crippen molar-refractivity contribution in [3.8, 4) is 5.75 Å². The van der Waals surface area contributed by atoms with Crippen molar-refractivity contribution in [2.24, 2.45) is 23.0 Å². The van der Waals surface area contributed by atoms with Crippen LogP contribution in [0.2, 0.25) is 0 Å². The summed E-state index contributed by atoms with van der Waals surface area (Å²) in [6.45, 7) is 0. The maximum absolute atomic E-state index is 13.5. The van der Waals surface area contributed by atoms with Crippen molar-refractivity contribution >= 4 is 21.8 Å². The zero-order valence-electron chi connectivity index (χ0n) is 19.0. The molecule has 6 rings (SSSR count). The molecule has 0 saturated heterocycles. The van der Waals surface area contributed by atoms with Crippen LogP contribution in [-0.2, 0) is 19.6 Å². The first kappa shape index (κ1) is 24.4. The SMILES string of the molecule is NC(=O)C12CC3CC(CC(NC(=O)C4(NS(=O)(=O)c5ccc(OC(F)(F)F)cc5)CCC4)(C3)C1)C2. The Bertz CT molecular complexity index is 1130. The first-order chi connectivity index (χ1) is 16.2. The Kier molecular flexibility index (Phi) is 5.45. The normalized spacial score (nSPS) is 33.1. The van der Waals surface area contributed by atoms with Crippen LogP contribution in [0.3, 0.4) is 0 Å². The van der Waals surface area contributed by atoms with Gasteiger partial charge >= 0.3 is 6.36 Å². The predicted octanol–water partition coefficient (Wildman–Crippen LogP) is 2.73. The summed E-state index contributed by atoms with van der Waals surface area (Å²) in [6, 6.07) is 3.83. The summed E-state index contributed by atoms with van der Waals surface area (Å²) in [6.07, 6.45) is 0.811. The minimum atomic E-state index is -4.89. The Labute approximate surface area is 201 Å². The lowest BCUT2D eigenvalue weighted by Gasteiger charge is -2.61. The van der Waals surface area contributed by atoms with Crippen LogP contribution in [0, 0.1) is 17.3 Å². The molecular formula is C23H28F3N3O5S. The molecule has 5 aliphatic carbocycles. The van der Waals surface area contributed by atoms with Crippen LogP contribution >= 0.6 is 0 Å². The molecule has 35 heavy (non-hydrogen) atoms. The molecule has 1 aromatic rings. The first-order valence-corrected chi connectivity index (χ1v) is 13.2. The maximum atomic E-state index is 13.5. The van der Waals surface area contributed by atoms with E-state index >= 15 is 0 Å². The van der Waals surface area contributed by atoms with E-state index in [0.717, 1.165) is 56.4 Å². The van der Waals surface area contributed by atoms with E-state index in [2.05, 4.69) is 14.8 Å². The number of nitrogens with two attached hydrogens (primary N) is 1. The lowest BCUT2D eigenvalue weighted by molar-refractivity contribution is -0.274. The number of ether oxygens (including phenoxy) is 1. The Balaban J connectivity index is 1.33. The van der Waals surface area contributed by atoms with Gasteiger partial charge in [0.05, 0.1) is 10.3 Å². The number of carbonyl (C=O) groups is 2. The molecule has 0 aromatic heterocycles. The van der Waals surface area contributed by atoms with Gasteiger partial charge in [-0.2, -0.15) is 4.72 Å². The number of amides is 2. The number of sulfonamides is 1. The first-order valence-electron chi connectivity index (χ1n) is 11.8. The van der Waals surface area contributed by atoms with Crippen LogP contribution < -0.4 is 20.5 Å². The highest BCUT2D eigenvalue weighted by molar-refractivity contribution is 7.89. The Morgan fingerprint density at radius 1 is 1.03 bits per heavy atom. The molecule has 192 valence electrons. The molecule has 0 radical (unpaired) electrons. The molecule has 4 bridgehead atoms. The quantitative estimate of drug-likeness (QED) is 0.515. The summed E-state index contributed by atoms with van der Waals surface area (Å²) < 4.78 is 69.5. The number of benzene rings is 1. The molecular weight excluding hydrogens is 487 g/mol. The smallest absolute Gasteiger partial charge is 0.406 e. The molecule has 4 N–H and O–H groups in total. The van der Waals surface area contributed by atoms with Gasteiger partial charge < -0.3 is 15.8 Å². The molecule has 2 amide bonds. The molecule has 1 aromatic carbocycles. The summed E-state index contributed by atoms with van der Waals surface area (Å²) >= 11 is 0. The van der Waals surface area contributed by atoms with Gasteiger partial charge in [0, 0.05) is 5.54 Å². The summed E-state index contributed by atoms with van der Waals surface area (Å²) in [7, 11) is -4.20. The second-order valence-corrected chi connectivity index (χ2v) is 12.6. The summed E-state index contributed by atoms with van der Waals surface area (Å²) in [5.41, 5.74) is 3.23. The van der Waals surface area contributed by atoms with E-state index < -0.39 is 44.5 Å². The average Bonchev–Trinajstić information content (AvgIpc) is 2.68. The van der Waals surface area contributed by atoms with Crippen LogP contribution in [0.15, 0.2) is 29.2 Å². The third kappa shape index (κ3) is 4.39. The predicted molar refractivity (Wildman–Crippen MR) is 117 cm³/mol. The molecule has 0 aliphatic heterocycles. The molecule has 5 fully saturated rings. The molecule has 2 unspecified atom stereocenters. The molecule has 0 heterocycles. The van der Waals surface area contributed by atoms with Crippen molar-refractivity contribution < 1.29 is 35.9 Å². The highest BCUT2D eigenvalue weighted by Gasteiger charge is 2.61. The van der Waals surface area contributed by atoms with E-state index in [1.165, 1.54) is 0 Å². The van der Waals surface area contributed by atoms with E-state index in [1.807, 2.05) is 0 Å². The minimum Gasteiger partial charge on any atom is -0.406 e. The van der Waals surface area contributed by atoms with Crippen molar-refractivity contribution in [3.63, 3.8) is 0 Å². The van der Waals surface area contributed by atoms with Gasteiger partial charge in [0.15, 0.2) is 0 Å². The van der Waals surface area contributed by atoms with Crippen molar-refractivity contribution in [2.45, 2.75) is 80.1 Å². The zero-order chi connectivity index (χ0) is 25.3. The van der Waals surface area contributed by atoms with Crippen LogP contribution in [0.1, 0.15) is 57.8 Å². The van der Waals surface area contributed by atoms with Crippen LogP contribution in [0.5, 0.6) is 5.75 Å². The summed E-state index contributed by atoms with van der Waals surface area (Å²) in [5, 5.41) is 3.14. The van der Waals surface area contributed by atoms with Crippen LogP contribution in [-0.4, -0.2) is 37.7 Å².